The van der Waals surface area contributed by atoms with E-state index in [1.807, 2.05) is 0 Å². The first-order valence-electron chi connectivity index (χ1n) is 6.58. The van der Waals surface area contributed by atoms with E-state index >= 15 is 0 Å². The van der Waals surface area contributed by atoms with Crippen LogP contribution in [0, 0.1) is 0 Å². The Morgan fingerprint density at radius 1 is 1.30 bits per heavy atom. The summed E-state index contributed by atoms with van der Waals surface area (Å²) >= 11 is 0. The van der Waals surface area contributed by atoms with Gasteiger partial charge in [0.1, 0.15) is 0 Å². The van der Waals surface area contributed by atoms with Crippen LogP contribution < -0.4 is 16.4 Å². The molecule has 0 aliphatic carbocycles. The molecule has 0 bridgehead atoms. The fourth-order valence-corrected chi connectivity index (χ4v) is 2.25. The van der Waals surface area contributed by atoms with Gasteiger partial charge in [-0.3, -0.25) is 9.59 Å². The maximum Gasteiger partial charge on any atom is 0.248 e. The van der Waals surface area contributed by atoms with Crippen LogP contribution in [0.3, 0.4) is 0 Å². The molecule has 2 rings (SSSR count). The van der Waals surface area contributed by atoms with Gasteiger partial charge in [0.15, 0.2) is 0 Å². The second-order valence-corrected chi connectivity index (χ2v) is 4.82. The van der Waals surface area contributed by atoms with Gasteiger partial charge in [0, 0.05) is 23.7 Å². The van der Waals surface area contributed by atoms with Gasteiger partial charge in [-0.25, -0.2) is 0 Å². The van der Waals surface area contributed by atoms with Crippen molar-refractivity contribution in [3.05, 3.63) is 29.8 Å². The van der Waals surface area contributed by atoms with Crippen LogP contribution in [0.4, 0.5) is 5.69 Å². The quantitative estimate of drug-likeness (QED) is 0.773. The lowest BCUT2D eigenvalue weighted by Gasteiger charge is -2.10. The Labute approximate surface area is 124 Å². The van der Waals surface area contributed by atoms with Gasteiger partial charge in [0.25, 0.3) is 0 Å². The van der Waals surface area contributed by atoms with Crippen molar-refractivity contribution in [2.75, 3.05) is 11.9 Å². The van der Waals surface area contributed by atoms with E-state index in [-0.39, 0.29) is 18.3 Å². The molecule has 6 heteroatoms. The molecule has 0 aromatic heterocycles. The molecule has 0 saturated carbocycles. The van der Waals surface area contributed by atoms with Crippen molar-refractivity contribution in [2.45, 2.75) is 31.7 Å². The zero-order valence-corrected chi connectivity index (χ0v) is 12.0. The van der Waals surface area contributed by atoms with Crippen LogP contribution in [0.15, 0.2) is 24.3 Å². The SMILES string of the molecule is Cl.NC(=O)c1ccc(NC(=O)CCC2CCCN2)cc1. The minimum absolute atomic E-state index is 0. The average Bonchev–Trinajstić information content (AvgIpc) is 2.90. The van der Waals surface area contributed by atoms with E-state index in [0.717, 1.165) is 19.4 Å². The predicted molar refractivity (Wildman–Crippen MR) is 81.1 cm³/mol. The van der Waals surface area contributed by atoms with Crippen molar-refractivity contribution in [3.8, 4) is 0 Å². The first-order chi connectivity index (χ1) is 9.15. The van der Waals surface area contributed by atoms with Gasteiger partial charge in [-0.05, 0) is 50.1 Å². The smallest absolute Gasteiger partial charge is 0.248 e. The minimum Gasteiger partial charge on any atom is -0.366 e. The standard InChI is InChI=1S/C14H19N3O2.ClH/c15-14(19)10-3-5-12(6-4-10)17-13(18)8-7-11-2-1-9-16-11;/h3-6,11,16H,1-2,7-9H2,(H2,15,19)(H,17,18);1H. The summed E-state index contributed by atoms with van der Waals surface area (Å²) in [5.41, 5.74) is 6.28. The van der Waals surface area contributed by atoms with E-state index in [9.17, 15) is 9.59 Å². The number of halogens is 1. The number of amides is 2. The summed E-state index contributed by atoms with van der Waals surface area (Å²) in [5.74, 6) is -0.467. The highest BCUT2D eigenvalue weighted by molar-refractivity contribution is 5.94. The summed E-state index contributed by atoms with van der Waals surface area (Å²) < 4.78 is 0. The second kappa shape index (κ2) is 7.87. The lowest BCUT2D eigenvalue weighted by molar-refractivity contribution is -0.116. The summed E-state index contributed by atoms with van der Waals surface area (Å²) in [4.78, 5) is 22.7. The third-order valence-electron chi connectivity index (χ3n) is 3.34. The van der Waals surface area contributed by atoms with Gasteiger partial charge in [0.05, 0.1) is 0 Å². The zero-order valence-electron chi connectivity index (χ0n) is 11.2. The van der Waals surface area contributed by atoms with Gasteiger partial charge in [0.2, 0.25) is 11.8 Å². The molecule has 4 N–H and O–H groups in total. The summed E-state index contributed by atoms with van der Waals surface area (Å²) in [7, 11) is 0. The van der Waals surface area contributed by atoms with E-state index in [1.165, 1.54) is 6.42 Å². The lowest BCUT2D eigenvalue weighted by atomic mass is 10.1. The molecular formula is C14H20ClN3O2. The molecule has 1 aliphatic heterocycles. The lowest BCUT2D eigenvalue weighted by Crippen LogP contribution is -2.23. The normalized spacial score (nSPS) is 17.3. The molecular weight excluding hydrogens is 278 g/mol. The monoisotopic (exact) mass is 297 g/mol. The van der Waals surface area contributed by atoms with E-state index < -0.39 is 5.91 Å². The molecule has 1 heterocycles. The Bertz CT molecular complexity index is 456. The Morgan fingerprint density at radius 2 is 2.00 bits per heavy atom. The van der Waals surface area contributed by atoms with E-state index in [4.69, 9.17) is 5.73 Å². The Morgan fingerprint density at radius 3 is 2.55 bits per heavy atom. The Kier molecular flexibility index (Phi) is 6.48. The second-order valence-electron chi connectivity index (χ2n) is 4.82. The molecule has 1 aromatic carbocycles. The van der Waals surface area contributed by atoms with E-state index in [1.54, 1.807) is 24.3 Å². The maximum atomic E-state index is 11.8. The van der Waals surface area contributed by atoms with Crippen LogP contribution in [0.1, 0.15) is 36.0 Å². The number of rotatable bonds is 5. The molecule has 1 aliphatic rings. The van der Waals surface area contributed by atoms with E-state index in [2.05, 4.69) is 10.6 Å². The number of nitrogens with two attached hydrogens (primary N) is 1. The number of hydrogen-bond acceptors (Lipinski definition) is 3. The molecule has 0 radical (unpaired) electrons. The number of nitrogens with one attached hydrogen (secondary N) is 2. The number of hydrogen-bond donors (Lipinski definition) is 3. The van der Waals surface area contributed by atoms with Gasteiger partial charge in [-0.2, -0.15) is 0 Å². The first kappa shape index (κ1) is 16.5. The number of carbonyl (C=O) groups is 2. The molecule has 1 saturated heterocycles. The van der Waals surface area contributed by atoms with Crippen molar-refractivity contribution in [1.29, 1.82) is 0 Å². The summed E-state index contributed by atoms with van der Waals surface area (Å²) in [6.45, 7) is 1.06. The molecule has 1 atom stereocenters. The molecule has 1 fully saturated rings. The maximum absolute atomic E-state index is 11.8. The van der Waals surface area contributed by atoms with Crippen LogP contribution in [0.5, 0.6) is 0 Å². The van der Waals surface area contributed by atoms with E-state index in [0.29, 0.717) is 23.7 Å². The Balaban J connectivity index is 0.00000200. The molecule has 20 heavy (non-hydrogen) atoms. The van der Waals surface area contributed by atoms with Crippen LogP contribution in [-0.2, 0) is 4.79 Å². The molecule has 5 nitrogen and oxygen atoms in total. The fourth-order valence-electron chi connectivity index (χ4n) is 2.25. The van der Waals surface area contributed by atoms with Gasteiger partial charge >= 0.3 is 0 Å². The van der Waals surface area contributed by atoms with Crippen molar-refractivity contribution in [3.63, 3.8) is 0 Å². The Hall–Kier alpha value is -1.59. The van der Waals surface area contributed by atoms with Gasteiger partial charge in [-0.15, -0.1) is 12.4 Å². The van der Waals surface area contributed by atoms with Crippen LogP contribution in [0.2, 0.25) is 0 Å². The molecule has 110 valence electrons. The highest BCUT2D eigenvalue weighted by Gasteiger charge is 2.15. The van der Waals surface area contributed by atoms with Gasteiger partial charge in [-0.1, -0.05) is 0 Å². The summed E-state index contributed by atoms with van der Waals surface area (Å²) in [6, 6.07) is 7.06. The largest absolute Gasteiger partial charge is 0.366 e. The highest BCUT2D eigenvalue weighted by Crippen LogP contribution is 2.13. The fraction of sp³-hybridized carbons (Fsp3) is 0.429. The molecule has 1 unspecified atom stereocenters. The molecule has 0 spiro atoms. The summed E-state index contributed by atoms with van der Waals surface area (Å²) in [5, 5.41) is 6.18. The van der Waals surface area contributed by atoms with Crippen molar-refractivity contribution in [1.82, 2.24) is 5.32 Å². The number of carbonyl (C=O) groups excluding carboxylic acids is 2. The average molecular weight is 298 g/mol. The van der Waals surface area contributed by atoms with Gasteiger partial charge < -0.3 is 16.4 Å². The number of benzene rings is 1. The summed E-state index contributed by atoms with van der Waals surface area (Å²) in [6.07, 6.45) is 3.72. The third kappa shape index (κ3) is 4.83. The predicted octanol–water partition coefficient (Wildman–Crippen LogP) is 1.68. The van der Waals surface area contributed by atoms with Crippen LogP contribution >= 0.6 is 12.4 Å². The van der Waals surface area contributed by atoms with Crippen molar-refractivity contribution >= 4 is 29.9 Å². The number of anilines is 1. The van der Waals surface area contributed by atoms with Crippen molar-refractivity contribution in [2.24, 2.45) is 5.73 Å². The topological polar surface area (TPSA) is 84.2 Å². The minimum atomic E-state index is -0.467. The zero-order chi connectivity index (χ0) is 13.7. The van der Waals surface area contributed by atoms with Crippen molar-refractivity contribution < 1.29 is 9.59 Å². The van der Waals surface area contributed by atoms with Crippen LogP contribution in [0.25, 0.3) is 0 Å². The van der Waals surface area contributed by atoms with Crippen LogP contribution in [-0.4, -0.2) is 24.4 Å². The molecule has 1 aromatic rings. The first-order valence-corrected chi connectivity index (χ1v) is 6.58. The number of primary amides is 1. The molecule has 2 amide bonds. The highest BCUT2D eigenvalue weighted by atomic mass is 35.5. The third-order valence-corrected chi connectivity index (χ3v) is 3.34.